The van der Waals surface area contributed by atoms with Gasteiger partial charge in [-0.3, -0.25) is 0 Å². The monoisotopic (exact) mass is 349 g/mol. The van der Waals surface area contributed by atoms with E-state index in [9.17, 15) is 0 Å². The van der Waals surface area contributed by atoms with Crippen molar-refractivity contribution in [3.05, 3.63) is 52.5 Å². The van der Waals surface area contributed by atoms with Gasteiger partial charge < -0.3 is 14.8 Å². The number of ether oxygens (including phenoxy) is 2. The molecule has 2 aromatic carbocycles. The fourth-order valence-electron chi connectivity index (χ4n) is 2.12. The van der Waals surface area contributed by atoms with Crippen LogP contribution in [0.2, 0.25) is 0 Å². The molecule has 4 heteroatoms. The third kappa shape index (κ3) is 4.14. The molecule has 0 bridgehead atoms. The molecule has 2 aromatic rings. The molecule has 0 amide bonds. The van der Waals surface area contributed by atoms with Gasteiger partial charge in [-0.25, -0.2) is 0 Å². The maximum Gasteiger partial charge on any atom is 0.163 e. The first-order valence-corrected chi connectivity index (χ1v) is 7.76. The number of methoxy groups -OCH3 is 1. The van der Waals surface area contributed by atoms with Gasteiger partial charge in [0, 0.05) is 22.3 Å². The summed E-state index contributed by atoms with van der Waals surface area (Å²) in [6, 6.07) is 14.4. The van der Waals surface area contributed by atoms with E-state index in [0.717, 1.165) is 21.7 Å². The Hall–Kier alpha value is -1.68. The van der Waals surface area contributed by atoms with Gasteiger partial charge in [0.2, 0.25) is 0 Å². The first kappa shape index (κ1) is 15.7. The van der Waals surface area contributed by atoms with Gasteiger partial charge in [0.25, 0.3) is 0 Å². The Bertz CT molecular complexity index is 584. The molecular formula is C17H20BrNO2. The highest BCUT2D eigenvalue weighted by Gasteiger charge is 2.09. The second-order valence-electron chi connectivity index (χ2n) is 4.72. The Morgan fingerprint density at radius 1 is 1.10 bits per heavy atom. The Morgan fingerprint density at radius 3 is 2.43 bits per heavy atom. The average Bonchev–Trinajstić information content (AvgIpc) is 2.48. The van der Waals surface area contributed by atoms with Crippen LogP contribution in [0.25, 0.3) is 0 Å². The lowest BCUT2D eigenvalue weighted by molar-refractivity contribution is 0.311. The normalized spacial score (nSPS) is 11.8. The second kappa shape index (κ2) is 7.36. The molecule has 112 valence electrons. The lowest BCUT2D eigenvalue weighted by Crippen LogP contribution is -2.07. The predicted octanol–water partition coefficient (Wildman–Crippen LogP) is 5.03. The van der Waals surface area contributed by atoms with Gasteiger partial charge in [-0.2, -0.15) is 0 Å². The molecule has 1 N–H and O–H groups in total. The van der Waals surface area contributed by atoms with Crippen molar-refractivity contribution >= 4 is 21.6 Å². The zero-order valence-corrected chi connectivity index (χ0v) is 14.1. The van der Waals surface area contributed by atoms with Gasteiger partial charge in [0.15, 0.2) is 11.5 Å². The Morgan fingerprint density at radius 2 is 1.81 bits per heavy atom. The fraction of sp³-hybridized carbons (Fsp3) is 0.294. The number of nitrogens with one attached hydrogen (secondary N) is 1. The van der Waals surface area contributed by atoms with E-state index < -0.39 is 0 Å². The lowest BCUT2D eigenvalue weighted by Gasteiger charge is -2.17. The van der Waals surface area contributed by atoms with Crippen LogP contribution in [0, 0.1) is 0 Å². The van der Waals surface area contributed by atoms with Gasteiger partial charge in [0.1, 0.15) is 0 Å². The van der Waals surface area contributed by atoms with Crippen molar-refractivity contribution in [2.24, 2.45) is 0 Å². The number of anilines is 1. The molecule has 0 aliphatic heterocycles. The van der Waals surface area contributed by atoms with Crippen molar-refractivity contribution in [3.63, 3.8) is 0 Å². The summed E-state index contributed by atoms with van der Waals surface area (Å²) in [6.07, 6.45) is 0. The summed E-state index contributed by atoms with van der Waals surface area (Å²) < 4.78 is 12.0. The van der Waals surface area contributed by atoms with Gasteiger partial charge in [0.05, 0.1) is 13.7 Å². The van der Waals surface area contributed by atoms with Crippen LogP contribution in [0.1, 0.15) is 25.5 Å². The van der Waals surface area contributed by atoms with Gasteiger partial charge >= 0.3 is 0 Å². The smallest absolute Gasteiger partial charge is 0.163 e. The molecular weight excluding hydrogens is 330 g/mol. The lowest BCUT2D eigenvalue weighted by atomic mass is 10.1. The topological polar surface area (TPSA) is 30.5 Å². The Balaban J connectivity index is 2.15. The molecule has 0 fully saturated rings. The molecule has 21 heavy (non-hydrogen) atoms. The molecule has 2 rings (SSSR count). The number of halogens is 1. The minimum atomic E-state index is 0.209. The van der Waals surface area contributed by atoms with E-state index in [1.54, 1.807) is 7.11 Å². The summed E-state index contributed by atoms with van der Waals surface area (Å²) in [5.74, 6) is 1.51. The van der Waals surface area contributed by atoms with E-state index in [2.05, 4.69) is 40.3 Å². The number of benzene rings is 2. The molecule has 1 unspecified atom stereocenters. The van der Waals surface area contributed by atoms with Crippen LogP contribution >= 0.6 is 15.9 Å². The van der Waals surface area contributed by atoms with Gasteiger partial charge in [-0.05, 0) is 43.7 Å². The number of hydrogen-bond acceptors (Lipinski definition) is 3. The van der Waals surface area contributed by atoms with Crippen LogP contribution < -0.4 is 14.8 Å². The maximum absolute atomic E-state index is 5.60. The quantitative estimate of drug-likeness (QED) is 0.793. The van der Waals surface area contributed by atoms with E-state index in [0.29, 0.717) is 6.61 Å². The van der Waals surface area contributed by atoms with Crippen molar-refractivity contribution in [1.29, 1.82) is 0 Å². The number of hydrogen-bond donors (Lipinski definition) is 1. The first-order chi connectivity index (χ1) is 10.1. The average molecular weight is 350 g/mol. The van der Waals surface area contributed by atoms with Gasteiger partial charge in [-0.1, -0.05) is 28.1 Å². The van der Waals surface area contributed by atoms with Crippen LogP contribution in [-0.2, 0) is 0 Å². The van der Waals surface area contributed by atoms with E-state index in [1.165, 1.54) is 5.56 Å². The highest BCUT2D eigenvalue weighted by atomic mass is 79.9. The molecule has 0 radical (unpaired) electrons. The van der Waals surface area contributed by atoms with Crippen molar-refractivity contribution in [2.45, 2.75) is 19.9 Å². The van der Waals surface area contributed by atoms with Crippen LogP contribution in [0.3, 0.4) is 0 Å². The van der Waals surface area contributed by atoms with Crippen LogP contribution in [0.5, 0.6) is 11.5 Å². The second-order valence-corrected chi connectivity index (χ2v) is 5.63. The molecule has 1 atom stereocenters. The van der Waals surface area contributed by atoms with Crippen LogP contribution in [0.4, 0.5) is 5.69 Å². The molecule has 0 aliphatic rings. The summed E-state index contributed by atoms with van der Waals surface area (Å²) in [6.45, 7) is 4.71. The van der Waals surface area contributed by atoms with Crippen LogP contribution in [-0.4, -0.2) is 13.7 Å². The maximum atomic E-state index is 5.60. The first-order valence-electron chi connectivity index (χ1n) is 6.97. The summed E-state index contributed by atoms with van der Waals surface area (Å²) in [4.78, 5) is 0. The van der Waals surface area contributed by atoms with Crippen molar-refractivity contribution in [1.82, 2.24) is 0 Å². The minimum Gasteiger partial charge on any atom is -0.493 e. The zero-order chi connectivity index (χ0) is 15.2. The molecule has 0 saturated carbocycles. The SMILES string of the molecule is CCOc1cc(NC(C)c2ccc(Br)cc2)ccc1OC. The fourth-order valence-corrected chi connectivity index (χ4v) is 2.38. The summed E-state index contributed by atoms with van der Waals surface area (Å²) in [7, 11) is 1.65. The standard InChI is InChI=1S/C17H20BrNO2/c1-4-21-17-11-15(9-10-16(17)20-3)19-12(2)13-5-7-14(18)8-6-13/h5-12,19H,4H2,1-3H3. The Kier molecular flexibility index (Phi) is 5.51. The highest BCUT2D eigenvalue weighted by Crippen LogP contribution is 2.31. The van der Waals surface area contributed by atoms with E-state index in [-0.39, 0.29) is 6.04 Å². The minimum absolute atomic E-state index is 0.209. The number of rotatable bonds is 6. The molecule has 3 nitrogen and oxygen atoms in total. The molecule has 0 heterocycles. The third-order valence-electron chi connectivity index (χ3n) is 3.22. The third-order valence-corrected chi connectivity index (χ3v) is 3.75. The molecule has 0 aromatic heterocycles. The summed E-state index contributed by atoms with van der Waals surface area (Å²) in [5.41, 5.74) is 2.24. The molecule has 0 spiro atoms. The summed E-state index contributed by atoms with van der Waals surface area (Å²) in [5, 5.41) is 3.48. The van der Waals surface area contributed by atoms with Crippen LogP contribution in [0.15, 0.2) is 46.9 Å². The van der Waals surface area contributed by atoms with E-state index in [1.807, 2.05) is 37.3 Å². The zero-order valence-electron chi connectivity index (χ0n) is 12.5. The largest absolute Gasteiger partial charge is 0.493 e. The molecule has 0 saturated heterocycles. The van der Waals surface area contributed by atoms with E-state index >= 15 is 0 Å². The van der Waals surface area contributed by atoms with Crippen molar-refractivity contribution in [3.8, 4) is 11.5 Å². The van der Waals surface area contributed by atoms with E-state index in [4.69, 9.17) is 9.47 Å². The van der Waals surface area contributed by atoms with Crippen molar-refractivity contribution in [2.75, 3.05) is 19.0 Å². The highest BCUT2D eigenvalue weighted by molar-refractivity contribution is 9.10. The summed E-state index contributed by atoms with van der Waals surface area (Å²) >= 11 is 3.45. The van der Waals surface area contributed by atoms with Gasteiger partial charge in [-0.15, -0.1) is 0 Å². The predicted molar refractivity (Wildman–Crippen MR) is 90.3 cm³/mol. The van der Waals surface area contributed by atoms with Crippen molar-refractivity contribution < 1.29 is 9.47 Å². The molecule has 0 aliphatic carbocycles. The Labute approximate surface area is 134 Å².